The monoisotopic (exact) mass is 356 g/mol. The SMILES string of the molecule is CC(C)CCCCCCCCOC(=O)CCCCCCCCC(=O)O. The van der Waals surface area contributed by atoms with Crippen LogP contribution in [0.25, 0.3) is 0 Å². The minimum atomic E-state index is -0.714. The second-order valence-electron chi connectivity index (χ2n) is 7.54. The van der Waals surface area contributed by atoms with Crippen LogP contribution in [0.2, 0.25) is 0 Å². The van der Waals surface area contributed by atoms with Gasteiger partial charge in [-0.1, -0.05) is 78.1 Å². The van der Waals surface area contributed by atoms with E-state index in [-0.39, 0.29) is 12.4 Å². The molecule has 25 heavy (non-hydrogen) atoms. The van der Waals surface area contributed by atoms with E-state index in [4.69, 9.17) is 9.84 Å². The number of esters is 1. The second-order valence-corrected chi connectivity index (χ2v) is 7.54. The summed E-state index contributed by atoms with van der Waals surface area (Å²) >= 11 is 0. The Balaban J connectivity index is 3.19. The van der Waals surface area contributed by atoms with Gasteiger partial charge in [-0.05, 0) is 25.2 Å². The predicted octanol–water partition coefficient (Wildman–Crippen LogP) is 6.12. The Bertz CT molecular complexity index is 326. The van der Waals surface area contributed by atoms with E-state index < -0.39 is 5.97 Å². The van der Waals surface area contributed by atoms with Gasteiger partial charge < -0.3 is 9.84 Å². The van der Waals surface area contributed by atoms with E-state index in [0.29, 0.717) is 13.0 Å². The fourth-order valence-corrected chi connectivity index (χ4v) is 2.87. The molecule has 148 valence electrons. The molecule has 0 atom stereocenters. The zero-order valence-corrected chi connectivity index (χ0v) is 16.6. The zero-order chi connectivity index (χ0) is 18.8. The van der Waals surface area contributed by atoms with Gasteiger partial charge in [0.25, 0.3) is 0 Å². The third-order valence-corrected chi connectivity index (χ3v) is 4.46. The smallest absolute Gasteiger partial charge is 0.305 e. The number of carboxylic acid groups (broad SMARTS) is 1. The van der Waals surface area contributed by atoms with Crippen molar-refractivity contribution in [2.45, 2.75) is 110 Å². The molecule has 0 saturated heterocycles. The number of aliphatic carboxylic acids is 1. The number of unbranched alkanes of at least 4 members (excludes halogenated alkanes) is 10. The minimum absolute atomic E-state index is 0.0668. The Labute approximate surface area is 154 Å². The van der Waals surface area contributed by atoms with Crippen LogP contribution in [0.3, 0.4) is 0 Å². The van der Waals surface area contributed by atoms with Crippen LogP contribution in [-0.2, 0) is 14.3 Å². The molecule has 0 radical (unpaired) electrons. The van der Waals surface area contributed by atoms with Crippen LogP contribution in [0.1, 0.15) is 110 Å². The average molecular weight is 357 g/mol. The van der Waals surface area contributed by atoms with E-state index in [1.54, 1.807) is 0 Å². The molecule has 4 nitrogen and oxygen atoms in total. The highest BCUT2D eigenvalue weighted by Crippen LogP contribution is 2.12. The molecular weight excluding hydrogens is 316 g/mol. The van der Waals surface area contributed by atoms with Crippen LogP contribution in [0.15, 0.2) is 0 Å². The molecule has 0 unspecified atom stereocenters. The summed E-state index contributed by atoms with van der Waals surface area (Å²) < 4.78 is 5.27. The molecular formula is C21H40O4. The standard InChI is InChI=1S/C21H40O4/c1-19(2)15-11-7-5-6-10-14-18-25-21(24)17-13-9-4-3-8-12-16-20(22)23/h19H,3-18H2,1-2H3,(H,22,23). The summed E-state index contributed by atoms with van der Waals surface area (Å²) in [5.41, 5.74) is 0. The first-order valence-corrected chi connectivity index (χ1v) is 10.4. The molecule has 0 amide bonds. The van der Waals surface area contributed by atoms with Crippen molar-refractivity contribution >= 4 is 11.9 Å². The maximum Gasteiger partial charge on any atom is 0.305 e. The van der Waals surface area contributed by atoms with Crippen LogP contribution in [0.4, 0.5) is 0 Å². The Kier molecular flexibility index (Phi) is 17.0. The minimum Gasteiger partial charge on any atom is -0.481 e. The number of carbonyl (C=O) groups is 2. The van der Waals surface area contributed by atoms with Crippen molar-refractivity contribution in [3.05, 3.63) is 0 Å². The van der Waals surface area contributed by atoms with Gasteiger partial charge in [0.2, 0.25) is 0 Å². The van der Waals surface area contributed by atoms with Crippen LogP contribution in [0, 0.1) is 5.92 Å². The average Bonchev–Trinajstić information content (AvgIpc) is 2.55. The number of ether oxygens (including phenoxy) is 1. The van der Waals surface area contributed by atoms with Gasteiger partial charge in [-0.15, -0.1) is 0 Å². The Morgan fingerprint density at radius 3 is 1.76 bits per heavy atom. The van der Waals surface area contributed by atoms with Crippen molar-refractivity contribution in [2.75, 3.05) is 6.61 Å². The maximum absolute atomic E-state index is 11.6. The van der Waals surface area contributed by atoms with Crippen LogP contribution >= 0.6 is 0 Å². The zero-order valence-electron chi connectivity index (χ0n) is 16.6. The second kappa shape index (κ2) is 17.8. The Morgan fingerprint density at radius 2 is 1.20 bits per heavy atom. The summed E-state index contributed by atoms with van der Waals surface area (Å²) in [5.74, 6) is 0.0352. The molecule has 0 rings (SSSR count). The maximum atomic E-state index is 11.6. The van der Waals surface area contributed by atoms with E-state index in [2.05, 4.69) is 13.8 Å². The lowest BCUT2D eigenvalue weighted by atomic mass is 10.0. The van der Waals surface area contributed by atoms with Gasteiger partial charge in [0, 0.05) is 12.8 Å². The highest BCUT2D eigenvalue weighted by Gasteiger charge is 2.03. The molecule has 0 aliphatic rings. The molecule has 0 aliphatic heterocycles. The van der Waals surface area contributed by atoms with E-state index in [1.807, 2.05) is 0 Å². The topological polar surface area (TPSA) is 63.6 Å². The summed E-state index contributed by atoms with van der Waals surface area (Å²) in [6.45, 7) is 5.12. The summed E-state index contributed by atoms with van der Waals surface area (Å²) in [7, 11) is 0. The Hall–Kier alpha value is -1.06. The number of carboxylic acids is 1. The number of hydrogen-bond donors (Lipinski definition) is 1. The molecule has 0 spiro atoms. The van der Waals surface area contributed by atoms with Crippen molar-refractivity contribution in [2.24, 2.45) is 5.92 Å². The summed E-state index contributed by atoms with van der Waals surface area (Å²) in [5, 5.41) is 8.53. The third-order valence-electron chi connectivity index (χ3n) is 4.46. The lowest BCUT2D eigenvalue weighted by molar-refractivity contribution is -0.144. The number of carbonyl (C=O) groups excluding carboxylic acids is 1. The molecule has 1 N–H and O–H groups in total. The van der Waals surface area contributed by atoms with Crippen LogP contribution < -0.4 is 0 Å². The summed E-state index contributed by atoms with van der Waals surface area (Å²) in [4.78, 5) is 22.0. The molecule has 0 aromatic rings. The van der Waals surface area contributed by atoms with Gasteiger partial charge in [-0.25, -0.2) is 0 Å². The third kappa shape index (κ3) is 20.9. The van der Waals surface area contributed by atoms with Crippen molar-refractivity contribution in [3.63, 3.8) is 0 Å². The van der Waals surface area contributed by atoms with Gasteiger partial charge in [-0.3, -0.25) is 9.59 Å². The highest BCUT2D eigenvalue weighted by molar-refractivity contribution is 5.69. The van der Waals surface area contributed by atoms with Gasteiger partial charge in [0.1, 0.15) is 0 Å². The molecule has 0 saturated carbocycles. The normalized spacial score (nSPS) is 11.0. The fraction of sp³-hybridized carbons (Fsp3) is 0.905. The Morgan fingerprint density at radius 1 is 0.720 bits per heavy atom. The van der Waals surface area contributed by atoms with Gasteiger partial charge in [-0.2, -0.15) is 0 Å². The van der Waals surface area contributed by atoms with E-state index in [9.17, 15) is 9.59 Å². The molecule has 0 heterocycles. The first-order valence-electron chi connectivity index (χ1n) is 10.4. The quantitative estimate of drug-likeness (QED) is 0.237. The van der Waals surface area contributed by atoms with Crippen molar-refractivity contribution in [3.8, 4) is 0 Å². The van der Waals surface area contributed by atoms with E-state index >= 15 is 0 Å². The lowest BCUT2D eigenvalue weighted by Gasteiger charge is -2.06. The molecule has 0 fully saturated rings. The highest BCUT2D eigenvalue weighted by atomic mass is 16.5. The molecule has 0 aromatic heterocycles. The summed E-state index contributed by atoms with van der Waals surface area (Å²) in [6.07, 6.45) is 15.2. The number of hydrogen-bond acceptors (Lipinski definition) is 3. The largest absolute Gasteiger partial charge is 0.481 e. The number of rotatable bonds is 18. The van der Waals surface area contributed by atoms with E-state index in [1.165, 1.54) is 32.1 Å². The molecule has 0 bridgehead atoms. The van der Waals surface area contributed by atoms with E-state index in [0.717, 1.165) is 57.3 Å². The van der Waals surface area contributed by atoms with Gasteiger partial charge in [0.05, 0.1) is 6.61 Å². The van der Waals surface area contributed by atoms with Crippen LogP contribution in [-0.4, -0.2) is 23.7 Å². The summed E-state index contributed by atoms with van der Waals surface area (Å²) in [6, 6.07) is 0. The fourth-order valence-electron chi connectivity index (χ4n) is 2.87. The molecule has 0 aliphatic carbocycles. The van der Waals surface area contributed by atoms with Crippen molar-refractivity contribution in [1.29, 1.82) is 0 Å². The first kappa shape index (κ1) is 23.9. The molecule has 4 heteroatoms. The molecule has 0 aromatic carbocycles. The van der Waals surface area contributed by atoms with Crippen LogP contribution in [0.5, 0.6) is 0 Å². The van der Waals surface area contributed by atoms with Crippen molar-refractivity contribution < 1.29 is 19.4 Å². The van der Waals surface area contributed by atoms with Crippen molar-refractivity contribution in [1.82, 2.24) is 0 Å². The predicted molar refractivity (Wildman–Crippen MR) is 103 cm³/mol. The van der Waals surface area contributed by atoms with Gasteiger partial charge >= 0.3 is 11.9 Å². The first-order chi connectivity index (χ1) is 12.0. The van der Waals surface area contributed by atoms with Gasteiger partial charge in [0.15, 0.2) is 0 Å². The lowest BCUT2D eigenvalue weighted by Crippen LogP contribution is -2.05.